The molecule has 13 heteroatoms. The van der Waals surface area contributed by atoms with Crippen LogP contribution in [0.4, 0.5) is 5.69 Å². The number of carbonyl (C=O) groups excluding carboxylic acids is 2. The van der Waals surface area contributed by atoms with Crippen molar-refractivity contribution in [1.29, 1.82) is 0 Å². The number of nitro groups is 1. The van der Waals surface area contributed by atoms with Gasteiger partial charge in [0, 0.05) is 36.6 Å². The zero-order valence-electron chi connectivity index (χ0n) is 22.3. The first-order valence-electron chi connectivity index (χ1n) is 12.4. The molecule has 0 saturated carbocycles. The first-order chi connectivity index (χ1) is 19.1. The van der Waals surface area contributed by atoms with Crippen LogP contribution in [0.2, 0.25) is 0 Å². The van der Waals surface area contributed by atoms with Crippen molar-refractivity contribution in [2.75, 3.05) is 33.4 Å². The van der Waals surface area contributed by atoms with Gasteiger partial charge >= 0.3 is 11.9 Å². The van der Waals surface area contributed by atoms with E-state index in [4.69, 9.17) is 9.47 Å². The van der Waals surface area contributed by atoms with E-state index in [0.29, 0.717) is 30.0 Å². The number of non-ortho nitro benzene ring substituents is 1. The Hall–Kier alpha value is -4.78. The van der Waals surface area contributed by atoms with Gasteiger partial charge in [0.25, 0.3) is 10.8 Å². The van der Waals surface area contributed by atoms with Gasteiger partial charge in [-0.05, 0) is 32.0 Å². The summed E-state index contributed by atoms with van der Waals surface area (Å²) >= 11 is 0. The zero-order chi connectivity index (χ0) is 29.2. The molecule has 1 unspecified atom stereocenters. The van der Waals surface area contributed by atoms with Crippen molar-refractivity contribution in [2.24, 2.45) is 0 Å². The summed E-state index contributed by atoms with van der Waals surface area (Å²) in [6.45, 7) is 3.46. The lowest BCUT2D eigenvalue weighted by Gasteiger charge is -2.30. The van der Waals surface area contributed by atoms with E-state index in [1.54, 1.807) is 19.9 Å². The van der Waals surface area contributed by atoms with Gasteiger partial charge in [0.2, 0.25) is 0 Å². The molecule has 2 aromatic carbocycles. The molecule has 1 heterocycles. The van der Waals surface area contributed by atoms with Gasteiger partial charge in [-0.2, -0.15) is 0 Å². The van der Waals surface area contributed by atoms with Gasteiger partial charge in [0.05, 0.1) is 22.0 Å². The van der Waals surface area contributed by atoms with Crippen molar-refractivity contribution >= 4 is 17.6 Å². The van der Waals surface area contributed by atoms with Gasteiger partial charge in [0.1, 0.15) is 19.8 Å². The van der Waals surface area contributed by atoms with Crippen molar-refractivity contribution in [2.45, 2.75) is 26.3 Å². The number of likely N-dealkylation sites (N-methyl/N-ethyl adjacent to an activating group) is 1. The van der Waals surface area contributed by atoms with Gasteiger partial charge in [-0.25, -0.2) is 9.59 Å². The molecule has 0 fully saturated rings. The van der Waals surface area contributed by atoms with Crippen molar-refractivity contribution in [1.82, 2.24) is 10.2 Å². The Morgan fingerprint density at radius 2 is 1.52 bits per heavy atom. The van der Waals surface area contributed by atoms with Crippen LogP contribution in [-0.4, -0.2) is 60.3 Å². The SMILES string of the molecule is CC1=C(C(=O)OCCO[N+](=O)[O-])C(c2cccc([N+](=O)[O-])c2)C(C(=O)OCCN(C)Cc2ccccc2)=C(C)N1. The molecule has 212 valence electrons. The fourth-order valence-corrected chi connectivity index (χ4v) is 4.36. The van der Waals surface area contributed by atoms with Crippen LogP contribution in [0.5, 0.6) is 0 Å². The number of nitrogens with one attached hydrogen (secondary N) is 1. The maximum absolute atomic E-state index is 13.4. The molecule has 0 saturated heterocycles. The second-order valence-electron chi connectivity index (χ2n) is 9.04. The number of dihydropyridines is 1. The van der Waals surface area contributed by atoms with Crippen LogP contribution in [0.25, 0.3) is 0 Å². The average Bonchev–Trinajstić information content (AvgIpc) is 2.91. The lowest BCUT2D eigenvalue weighted by Crippen LogP contribution is -2.33. The molecular formula is C27H30N4O9. The van der Waals surface area contributed by atoms with Crippen LogP contribution in [0.15, 0.2) is 77.1 Å². The third kappa shape index (κ3) is 7.86. The van der Waals surface area contributed by atoms with Crippen molar-refractivity contribution in [3.05, 3.63) is 108 Å². The summed E-state index contributed by atoms with van der Waals surface area (Å²) < 4.78 is 10.8. The minimum atomic E-state index is -1.06. The van der Waals surface area contributed by atoms with E-state index in [1.807, 2.05) is 42.3 Å². The summed E-state index contributed by atoms with van der Waals surface area (Å²) in [5, 5.41) is 23.9. The molecule has 3 rings (SSSR count). The van der Waals surface area contributed by atoms with Crippen molar-refractivity contribution in [3.63, 3.8) is 0 Å². The van der Waals surface area contributed by atoms with Gasteiger partial charge in [-0.1, -0.05) is 42.5 Å². The molecule has 0 aromatic heterocycles. The number of ether oxygens (including phenoxy) is 2. The Morgan fingerprint density at radius 3 is 2.12 bits per heavy atom. The smallest absolute Gasteiger partial charge is 0.336 e. The fraction of sp³-hybridized carbons (Fsp3) is 0.333. The Kier molecular flexibility index (Phi) is 10.3. The number of allylic oxidation sites excluding steroid dienone is 2. The Labute approximate surface area is 230 Å². The highest BCUT2D eigenvalue weighted by molar-refractivity contribution is 6.00. The molecule has 0 amide bonds. The lowest BCUT2D eigenvalue weighted by atomic mass is 9.80. The minimum absolute atomic E-state index is 0.0142. The first kappa shape index (κ1) is 29.8. The van der Waals surface area contributed by atoms with E-state index in [9.17, 15) is 29.8 Å². The minimum Gasteiger partial charge on any atom is -0.461 e. The van der Waals surface area contributed by atoms with Crippen LogP contribution in [0.1, 0.15) is 30.9 Å². The summed E-state index contributed by atoms with van der Waals surface area (Å²) in [5.74, 6) is -2.63. The predicted octanol–water partition coefficient (Wildman–Crippen LogP) is 3.26. The summed E-state index contributed by atoms with van der Waals surface area (Å²) in [5.41, 5.74) is 2.04. The molecule has 0 spiro atoms. The van der Waals surface area contributed by atoms with Gasteiger partial charge in [-0.15, -0.1) is 10.1 Å². The normalized spacial score (nSPS) is 14.9. The van der Waals surface area contributed by atoms with E-state index in [-0.39, 0.29) is 23.4 Å². The summed E-state index contributed by atoms with van der Waals surface area (Å²) in [4.78, 5) is 54.0. The first-order valence-corrected chi connectivity index (χ1v) is 12.4. The third-order valence-corrected chi connectivity index (χ3v) is 6.13. The Balaban J connectivity index is 1.84. The van der Waals surface area contributed by atoms with Crippen LogP contribution in [0.3, 0.4) is 0 Å². The molecule has 2 aromatic rings. The quantitative estimate of drug-likeness (QED) is 0.167. The predicted molar refractivity (Wildman–Crippen MR) is 142 cm³/mol. The molecule has 0 aliphatic carbocycles. The second kappa shape index (κ2) is 13.8. The number of rotatable bonds is 13. The van der Waals surface area contributed by atoms with Crippen LogP contribution >= 0.6 is 0 Å². The number of hydrogen-bond donors (Lipinski definition) is 1. The maximum atomic E-state index is 13.4. The van der Waals surface area contributed by atoms with Gasteiger partial charge in [0.15, 0.2) is 0 Å². The number of nitro benzene ring substituents is 1. The van der Waals surface area contributed by atoms with Crippen molar-refractivity contribution < 1.29 is 33.9 Å². The van der Waals surface area contributed by atoms with Gasteiger partial charge < -0.3 is 19.6 Å². The Morgan fingerprint density at radius 1 is 0.900 bits per heavy atom. The maximum Gasteiger partial charge on any atom is 0.336 e. The third-order valence-electron chi connectivity index (χ3n) is 6.13. The molecule has 13 nitrogen and oxygen atoms in total. The van der Waals surface area contributed by atoms with E-state index in [1.165, 1.54) is 18.2 Å². The monoisotopic (exact) mass is 554 g/mol. The highest BCUT2D eigenvalue weighted by Gasteiger charge is 2.38. The number of hydrogen-bond acceptors (Lipinski definition) is 11. The summed E-state index contributed by atoms with van der Waals surface area (Å²) in [7, 11) is 1.89. The Bertz CT molecular complexity index is 1320. The standard InChI is InChI=1S/C27H30N4O9/c1-18-23(26(32)38-13-12-29(3)17-20-8-5-4-6-9-20)25(21-10-7-11-22(16-21)30(34)35)24(19(2)28-18)27(33)39-14-15-40-31(36)37/h4-11,16,25,28H,12-15,17H2,1-3H3. The molecule has 1 aliphatic rings. The topological polar surface area (TPSA) is 163 Å². The second-order valence-corrected chi connectivity index (χ2v) is 9.04. The number of nitrogens with zero attached hydrogens (tertiary/aromatic N) is 3. The molecule has 1 aliphatic heterocycles. The zero-order valence-corrected chi connectivity index (χ0v) is 22.3. The molecule has 1 N–H and O–H groups in total. The van der Waals surface area contributed by atoms with E-state index in [0.717, 1.165) is 5.56 Å². The van der Waals surface area contributed by atoms with Crippen LogP contribution in [0, 0.1) is 20.2 Å². The van der Waals surface area contributed by atoms with Crippen LogP contribution in [-0.2, 0) is 30.4 Å². The average molecular weight is 555 g/mol. The highest BCUT2D eigenvalue weighted by Crippen LogP contribution is 2.40. The summed E-state index contributed by atoms with van der Waals surface area (Å²) in [6.07, 6.45) is 0. The number of esters is 2. The summed E-state index contributed by atoms with van der Waals surface area (Å²) in [6, 6.07) is 15.4. The molecule has 0 bridgehead atoms. The molecular weight excluding hydrogens is 524 g/mol. The molecule has 1 atom stereocenters. The number of carbonyl (C=O) groups is 2. The number of benzene rings is 2. The van der Waals surface area contributed by atoms with Gasteiger partial charge in [-0.3, -0.25) is 15.0 Å². The highest BCUT2D eigenvalue weighted by atomic mass is 17.0. The van der Waals surface area contributed by atoms with E-state index < -0.39 is 41.1 Å². The van der Waals surface area contributed by atoms with Crippen molar-refractivity contribution in [3.8, 4) is 0 Å². The van der Waals surface area contributed by atoms with E-state index >= 15 is 0 Å². The van der Waals surface area contributed by atoms with Crippen LogP contribution < -0.4 is 5.32 Å². The lowest BCUT2D eigenvalue weighted by molar-refractivity contribution is -0.757. The fourth-order valence-electron chi connectivity index (χ4n) is 4.36. The molecule has 40 heavy (non-hydrogen) atoms. The van der Waals surface area contributed by atoms with E-state index in [2.05, 4.69) is 10.2 Å². The molecule has 0 radical (unpaired) electrons. The largest absolute Gasteiger partial charge is 0.461 e.